The van der Waals surface area contributed by atoms with Gasteiger partial charge in [0.25, 0.3) is 0 Å². The van der Waals surface area contributed by atoms with E-state index < -0.39 is 5.43 Å². The van der Waals surface area contributed by atoms with Gasteiger partial charge in [0.05, 0.1) is 5.56 Å². The lowest BCUT2D eigenvalue weighted by Gasteiger charge is -2.09. The average molecular weight is 338 g/mol. The van der Waals surface area contributed by atoms with Crippen LogP contribution in [-0.2, 0) is 6.42 Å². The third-order valence-electron chi connectivity index (χ3n) is 4.15. The summed E-state index contributed by atoms with van der Waals surface area (Å²) in [6.45, 7) is 3.72. The predicted molar refractivity (Wildman–Crippen MR) is 91.3 cm³/mol. The van der Waals surface area contributed by atoms with Crippen LogP contribution in [0.15, 0.2) is 52.4 Å². The molecule has 4 rings (SSSR count). The molecule has 0 unspecified atom stereocenters. The Morgan fingerprint density at radius 2 is 1.96 bits per heavy atom. The maximum atomic E-state index is 12.9. The maximum absolute atomic E-state index is 12.9. The van der Waals surface area contributed by atoms with Gasteiger partial charge in [0.15, 0.2) is 11.5 Å². The molecule has 126 valence electrons. The molecular formula is C19H14O6. The van der Waals surface area contributed by atoms with Gasteiger partial charge in [-0.1, -0.05) is 12.1 Å². The van der Waals surface area contributed by atoms with Crippen LogP contribution < -0.4 is 14.9 Å². The summed E-state index contributed by atoms with van der Waals surface area (Å²) in [5, 5.41) is 20.5. The van der Waals surface area contributed by atoms with Gasteiger partial charge < -0.3 is 24.1 Å². The van der Waals surface area contributed by atoms with Crippen LogP contribution in [0.2, 0.25) is 0 Å². The van der Waals surface area contributed by atoms with E-state index in [0.717, 1.165) is 0 Å². The molecule has 2 aromatic carbocycles. The molecule has 0 saturated carbocycles. The second-order valence-electron chi connectivity index (χ2n) is 5.64. The summed E-state index contributed by atoms with van der Waals surface area (Å²) in [5.74, 6) is 0.698. The number of hydrogen-bond acceptors (Lipinski definition) is 6. The molecular weight excluding hydrogens is 324 g/mol. The molecule has 0 amide bonds. The van der Waals surface area contributed by atoms with Crippen molar-refractivity contribution in [1.29, 1.82) is 0 Å². The fourth-order valence-electron chi connectivity index (χ4n) is 2.90. The highest BCUT2D eigenvalue weighted by Crippen LogP contribution is 2.38. The molecule has 0 spiro atoms. The predicted octanol–water partition coefficient (Wildman–Crippen LogP) is 3.33. The number of phenolic OH excluding ortho intramolecular Hbond substituents is 2. The lowest BCUT2D eigenvalue weighted by molar-refractivity contribution is 0.174. The number of hydrogen-bond donors (Lipinski definition) is 2. The molecule has 6 heteroatoms. The van der Waals surface area contributed by atoms with Crippen LogP contribution in [0, 0.1) is 0 Å². The van der Waals surface area contributed by atoms with Gasteiger partial charge in [0.2, 0.25) is 12.2 Å². The van der Waals surface area contributed by atoms with Crippen molar-refractivity contribution in [3.05, 3.63) is 59.0 Å². The molecule has 0 bridgehead atoms. The molecule has 2 N–H and O–H groups in total. The van der Waals surface area contributed by atoms with Gasteiger partial charge in [0.1, 0.15) is 28.7 Å². The second kappa shape index (κ2) is 5.59. The van der Waals surface area contributed by atoms with Gasteiger partial charge in [0, 0.05) is 11.6 Å². The van der Waals surface area contributed by atoms with E-state index in [-0.39, 0.29) is 46.8 Å². The monoisotopic (exact) mass is 338 g/mol. The highest BCUT2D eigenvalue weighted by atomic mass is 16.7. The lowest BCUT2D eigenvalue weighted by Crippen LogP contribution is -2.06. The van der Waals surface area contributed by atoms with Gasteiger partial charge in [-0.3, -0.25) is 4.79 Å². The molecule has 0 saturated heterocycles. The molecule has 0 radical (unpaired) electrons. The number of fused-ring (bicyclic) bond motifs is 2. The number of allylic oxidation sites excluding steroid dienone is 1. The van der Waals surface area contributed by atoms with Crippen molar-refractivity contribution in [2.24, 2.45) is 0 Å². The van der Waals surface area contributed by atoms with Crippen molar-refractivity contribution in [3.8, 4) is 34.1 Å². The van der Waals surface area contributed by atoms with Crippen molar-refractivity contribution in [2.75, 3.05) is 6.79 Å². The lowest BCUT2D eigenvalue weighted by atomic mass is 10.0. The Balaban J connectivity index is 1.96. The van der Waals surface area contributed by atoms with Crippen LogP contribution in [0.4, 0.5) is 0 Å². The summed E-state index contributed by atoms with van der Waals surface area (Å²) in [4.78, 5) is 12.9. The molecule has 1 aliphatic rings. The van der Waals surface area contributed by atoms with Crippen LogP contribution in [0.5, 0.6) is 23.0 Å². The first-order valence-electron chi connectivity index (χ1n) is 7.60. The molecule has 2 heterocycles. The van der Waals surface area contributed by atoms with E-state index in [0.29, 0.717) is 17.1 Å². The zero-order valence-electron chi connectivity index (χ0n) is 13.1. The fourth-order valence-corrected chi connectivity index (χ4v) is 2.90. The van der Waals surface area contributed by atoms with Gasteiger partial charge >= 0.3 is 0 Å². The Morgan fingerprint density at radius 3 is 2.76 bits per heavy atom. The maximum Gasteiger partial charge on any atom is 0.231 e. The van der Waals surface area contributed by atoms with E-state index in [2.05, 4.69) is 6.58 Å². The number of benzene rings is 2. The first-order chi connectivity index (χ1) is 12.1. The minimum atomic E-state index is -0.400. The average Bonchev–Trinajstić information content (AvgIpc) is 3.06. The molecule has 3 aromatic rings. The Bertz CT molecular complexity index is 1060. The van der Waals surface area contributed by atoms with E-state index in [9.17, 15) is 15.0 Å². The zero-order valence-corrected chi connectivity index (χ0v) is 13.1. The largest absolute Gasteiger partial charge is 0.507 e. The standard InChI is InChI=1S/C19H14O6/c1-2-3-11-13(20)7-16-17(18(11)21)19(22)12(8-23-16)10-4-5-14-15(6-10)25-9-24-14/h2,4-8,20-21H,1,3,9H2. The molecule has 1 aliphatic heterocycles. The topological polar surface area (TPSA) is 89.1 Å². The Morgan fingerprint density at radius 1 is 1.16 bits per heavy atom. The zero-order chi connectivity index (χ0) is 17.6. The molecule has 0 fully saturated rings. The normalized spacial score (nSPS) is 12.5. The smallest absolute Gasteiger partial charge is 0.231 e. The first-order valence-corrected chi connectivity index (χ1v) is 7.60. The summed E-state index contributed by atoms with van der Waals surface area (Å²) in [7, 11) is 0. The van der Waals surface area contributed by atoms with E-state index >= 15 is 0 Å². The molecule has 6 nitrogen and oxygen atoms in total. The molecule has 1 aromatic heterocycles. The van der Waals surface area contributed by atoms with E-state index in [4.69, 9.17) is 13.9 Å². The van der Waals surface area contributed by atoms with Crippen molar-refractivity contribution in [1.82, 2.24) is 0 Å². The third kappa shape index (κ3) is 2.30. The molecule has 0 atom stereocenters. The van der Waals surface area contributed by atoms with Gasteiger partial charge in [-0.2, -0.15) is 0 Å². The molecule has 25 heavy (non-hydrogen) atoms. The summed E-state index contributed by atoms with van der Waals surface area (Å²) < 4.78 is 16.1. The van der Waals surface area contributed by atoms with Crippen LogP contribution in [0.25, 0.3) is 22.1 Å². The quantitative estimate of drug-likeness (QED) is 0.712. The third-order valence-corrected chi connectivity index (χ3v) is 4.15. The van der Waals surface area contributed by atoms with Gasteiger partial charge in [-0.15, -0.1) is 6.58 Å². The Hall–Kier alpha value is -3.41. The first kappa shape index (κ1) is 15.1. The van der Waals surface area contributed by atoms with Crippen molar-refractivity contribution in [3.63, 3.8) is 0 Å². The van der Waals surface area contributed by atoms with Crippen molar-refractivity contribution in [2.45, 2.75) is 6.42 Å². The Kier molecular flexibility index (Phi) is 3.39. The van der Waals surface area contributed by atoms with Crippen LogP contribution in [0.1, 0.15) is 5.56 Å². The number of ether oxygens (including phenoxy) is 2. The summed E-state index contributed by atoms with van der Waals surface area (Å²) in [6, 6.07) is 6.43. The van der Waals surface area contributed by atoms with Gasteiger partial charge in [-0.05, 0) is 24.1 Å². The minimum Gasteiger partial charge on any atom is -0.507 e. The van der Waals surface area contributed by atoms with E-state index in [1.165, 1.54) is 18.4 Å². The number of phenols is 2. The van der Waals surface area contributed by atoms with Crippen LogP contribution in [0.3, 0.4) is 0 Å². The molecule has 0 aliphatic carbocycles. The van der Waals surface area contributed by atoms with Crippen molar-refractivity contribution < 1.29 is 24.1 Å². The number of aromatic hydroxyl groups is 2. The SMILES string of the molecule is C=CCc1c(O)cc2occ(-c3ccc4c(c3)OCO4)c(=O)c2c1O. The summed E-state index contributed by atoms with van der Waals surface area (Å²) >= 11 is 0. The highest BCUT2D eigenvalue weighted by molar-refractivity contribution is 5.90. The van der Waals surface area contributed by atoms with Gasteiger partial charge in [-0.25, -0.2) is 0 Å². The van der Waals surface area contributed by atoms with Crippen molar-refractivity contribution >= 4 is 11.0 Å². The highest BCUT2D eigenvalue weighted by Gasteiger charge is 2.20. The Labute approximate surface area is 142 Å². The van der Waals surface area contributed by atoms with E-state index in [1.54, 1.807) is 18.2 Å². The fraction of sp³-hybridized carbons (Fsp3) is 0.105. The van der Waals surface area contributed by atoms with Crippen LogP contribution >= 0.6 is 0 Å². The summed E-state index contributed by atoms with van der Waals surface area (Å²) in [5.41, 5.74) is 0.798. The van der Waals surface area contributed by atoms with Crippen LogP contribution in [-0.4, -0.2) is 17.0 Å². The summed E-state index contributed by atoms with van der Waals surface area (Å²) in [6.07, 6.45) is 3.06. The number of rotatable bonds is 3. The minimum absolute atomic E-state index is 0.0183. The second-order valence-corrected chi connectivity index (χ2v) is 5.64. The van der Waals surface area contributed by atoms with E-state index in [1.807, 2.05) is 0 Å².